The molecule has 0 aliphatic rings. The molecule has 41 heavy (non-hydrogen) atoms. The molecule has 0 amide bonds. The molecule has 0 spiro atoms. The van der Waals surface area contributed by atoms with Crippen LogP contribution in [0.5, 0.6) is 0 Å². The van der Waals surface area contributed by atoms with Crippen LogP contribution in [-0.2, 0) is 9.47 Å². The number of carbonyl (C=O) groups excluding carboxylic acids is 1. The predicted octanol–water partition coefficient (Wildman–Crippen LogP) is 7.39. The van der Waals surface area contributed by atoms with Crippen LogP contribution in [-0.4, -0.2) is 26.2 Å². The molecule has 4 rings (SSSR count). The van der Waals surface area contributed by atoms with E-state index in [1.807, 2.05) is 50.2 Å². The zero-order valence-corrected chi connectivity index (χ0v) is 27.3. The number of ether oxygens (including phenoxy) is 2. The third kappa shape index (κ3) is 8.51. The van der Waals surface area contributed by atoms with Crippen molar-refractivity contribution in [2.75, 3.05) is 13.2 Å². The molecule has 4 aromatic carbocycles. The Morgan fingerprint density at radius 2 is 1.10 bits per heavy atom. The number of halogens is 1. The molecular formula is C36H42BBrO3. The maximum Gasteiger partial charge on any atom is 0.242 e. The molecule has 0 aromatic heterocycles. The van der Waals surface area contributed by atoms with Crippen LogP contribution in [0.25, 0.3) is 0 Å². The Morgan fingerprint density at radius 3 is 1.46 bits per heavy atom. The average molecular weight is 613 g/mol. The summed E-state index contributed by atoms with van der Waals surface area (Å²) in [5.74, 6) is 0. The van der Waals surface area contributed by atoms with Gasteiger partial charge in [-0.2, -0.15) is 0 Å². The Balaban J connectivity index is 0.000000278. The van der Waals surface area contributed by atoms with Gasteiger partial charge in [0.1, 0.15) is 6.29 Å². The lowest BCUT2D eigenvalue weighted by Crippen LogP contribution is -2.55. The van der Waals surface area contributed by atoms with Gasteiger partial charge in [0.25, 0.3) is 0 Å². The highest BCUT2D eigenvalue weighted by Gasteiger charge is 2.28. The van der Waals surface area contributed by atoms with Crippen molar-refractivity contribution < 1.29 is 14.3 Å². The fourth-order valence-corrected chi connectivity index (χ4v) is 5.97. The van der Waals surface area contributed by atoms with Gasteiger partial charge in [-0.25, -0.2) is 0 Å². The number of hydrogen-bond acceptors (Lipinski definition) is 3. The zero-order valence-electron chi connectivity index (χ0n) is 25.7. The SMILES string of the molecule is CCOC(OCC)c1ccc(Br)cc1.Cc1cc(C)c(B(c2ccc(C=O)cc2)c2c(C)cc(C)cc2C)c(C)c1. The molecule has 0 fully saturated rings. The third-order valence-corrected chi connectivity index (χ3v) is 7.77. The lowest BCUT2D eigenvalue weighted by molar-refractivity contribution is -0.140. The van der Waals surface area contributed by atoms with E-state index in [2.05, 4.69) is 93.9 Å². The number of hydrogen-bond donors (Lipinski definition) is 0. The van der Waals surface area contributed by atoms with E-state index >= 15 is 0 Å². The lowest BCUT2D eigenvalue weighted by atomic mass is 9.34. The highest BCUT2D eigenvalue weighted by molar-refractivity contribution is 9.10. The maximum atomic E-state index is 11.1. The first-order valence-corrected chi connectivity index (χ1v) is 15.1. The van der Waals surface area contributed by atoms with E-state index in [-0.39, 0.29) is 13.0 Å². The fraction of sp³-hybridized carbons (Fsp3) is 0.306. The van der Waals surface area contributed by atoms with Gasteiger partial charge >= 0.3 is 0 Å². The maximum absolute atomic E-state index is 11.1. The van der Waals surface area contributed by atoms with E-state index < -0.39 is 0 Å². The van der Waals surface area contributed by atoms with E-state index in [1.165, 1.54) is 49.8 Å². The Bertz CT molecular complexity index is 1340. The summed E-state index contributed by atoms with van der Waals surface area (Å²) in [4.78, 5) is 11.1. The molecule has 3 nitrogen and oxygen atoms in total. The molecule has 0 bridgehead atoms. The Labute approximate surface area is 255 Å². The van der Waals surface area contributed by atoms with Crippen LogP contribution in [0.1, 0.15) is 69.4 Å². The molecule has 214 valence electrons. The molecule has 0 unspecified atom stereocenters. The standard InChI is InChI=1S/C25H27BO.C11H15BrO2/c1-16-11-18(3)24(19(4)12-16)26(23-9-7-22(15-27)8-10-23)25-20(5)13-17(2)14-21(25)6;1-3-13-11(14-4-2)9-5-7-10(12)8-6-9/h7-15H,1-6H3;5-8,11H,3-4H2,1-2H3. The van der Waals surface area contributed by atoms with Crippen molar-refractivity contribution in [3.05, 3.63) is 122 Å². The summed E-state index contributed by atoms with van der Waals surface area (Å²) in [6, 6.07) is 25.1. The number of carbonyl (C=O) groups is 1. The van der Waals surface area contributed by atoms with E-state index in [0.29, 0.717) is 18.8 Å². The number of aldehydes is 1. The third-order valence-electron chi connectivity index (χ3n) is 7.24. The minimum atomic E-state index is -0.238. The van der Waals surface area contributed by atoms with Crippen LogP contribution in [0.3, 0.4) is 0 Å². The fourth-order valence-electron chi connectivity index (χ4n) is 5.70. The first kappa shape index (κ1) is 32.5. The van der Waals surface area contributed by atoms with Gasteiger partial charge in [0.15, 0.2) is 6.29 Å². The summed E-state index contributed by atoms with van der Waals surface area (Å²) in [7, 11) is 0. The van der Waals surface area contributed by atoms with Crippen LogP contribution >= 0.6 is 15.9 Å². The molecule has 4 aromatic rings. The van der Waals surface area contributed by atoms with Crippen LogP contribution in [0.4, 0.5) is 0 Å². The first-order valence-electron chi connectivity index (χ1n) is 14.3. The smallest absolute Gasteiger partial charge is 0.242 e. The summed E-state index contributed by atoms with van der Waals surface area (Å²) in [6.45, 7) is 18.5. The van der Waals surface area contributed by atoms with Gasteiger partial charge in [0.2, 0.25) is 6.71 Å². The summed E-state index contributed by atoms with van der Waals surface area (Å²) < 4.78 is 12.0. The van der Waals surface area contributed by atoms with Crippen LogP contribution in [0.2, 0.25) is 0 Å². The summed E-state index contributed by atoms with van der Waals surface area (Å²) in [6.07, 6.45) is 0.668. The normalized spacial score (nSPS) is 10.8. The Kier molecular flexibility index (Phi) is 12.1. The minimum Gasteiger partial charge on any atom is -0.349 e. The summed E-state index contributed by atoms with van der Waals surface area (Å²) in [5, 5.41) is 0. The van der Waals surface area contributed by atoms with Gasteiger partial charge in [-0.1, -0.05) is 126 Å². The predicted molar refractivity (Wildman–Crippen MR) is 178 cm³/mol. The Hall–Kier alpha value is -2.99. The second kappa shape index (κ2) is 15.3. The molecule has 0 saturated carbocycles. The van der Waals surface area contributed by atoms with Crippen molar-refractivity contribution in [2.24, 2.45) is 0 Å². The Morgan fingerprint density at radius 1 is 0.683 bits per heavy atom. The first-order chi connectivity index (χ1) is 19.6. The second-order valence-corrected chi connectivity index (χ2v) is 11.6. The van der Waals surface area contributed by atoms with Gasteiger partial charge in [-0.3, -0.25) is 4.79 Å². The largest absolute Gasteiger partial charge is 0.349 e. The van der Waals surface area contributed by atoms with Crippen LogP contribution in [0.15, 0.2) is 77.3 Å². The van der Waals surface area contributed by atoms with E-state index in [0.717, 1.165) is 16.3 Å². The molecule has 0 saturated heterocycles. The molecule has 0 radical (unpaired) electrons. The number of aryl methyl sites for hydroxylation is 6. The second-order valence-electron chi connectivity index (χ2n) is 10.6. The van der Waals surface area contributed by atoms with Crippen LogP contribution < -0.4 is 16.4 Å². The van der Waals surface area contributed by atoms with Crippen LogP contribution in [0, 0.1) is 41.5 Å². The van der Waals surface area contributed by atoms with Gasteiger partial charge in [0.05, 0.1) is 0 Å². The average Bonchev–Trinajstić information content (AvgIpc) is 2.92. The topological polar surface area (TPSA) is 35.5 Å². The zero-order chi connectivity index (χ0) is 30.1. The molecular weight excluding hydrogens is 571 g/mol. The lowest BCUT2D eigenvalue weighted by Gasteiger charge is -2.24. The molecule has 0 atom stereocenters. The molecule has 0 aliphatic carbocycles. The van der Waals surface area contributed by atoms with E-state index in [1.54, 1.807) is 0 Å². The van der Waals surface area contributed by atoms with E-state index in [9.17, 15) is 4.79 Å². The summed E-state index contributed by atoms with van der Waals surface area (Å²) in [5.41, 5.74) is 13.6. The van der Waals surface area contributed by atoms with Crippen molar-refractivity contribution in [1.82, 2.24) is 0 Å². The molecule has 0 aliphatic heterocycles. The quantitative estimate of drug-likeness (QED) is 0.112. The van der Waals surface area contributed by atoms with Gasteiger partial charge < -0.3 is 9.47 Å². The minimum absolute atomic E-state index is 0.159. The van der Waals surface area contributed by atoms with Gasteiger partial charge in [-0.15, -0.1) is 0 Å². The number of benzene rings is 4. The van der Waals surface area contributed by atoms with Crippen molar-refractivity contribution in [2.45, 2.75) is 61.7 Å². The molecule has 0 heterocycles. The van der Waals surface area contributed by atoms with Crippen molar-refractivity contribution >= 4 is 45.3 Å². The monoisotopic (exact) mass is 612 g/mol. The molecule has 0 N–H and O–H groups in total. The van der Waals surface area contributed by atoms with Crippen molar-refractivity contribution in [3.8, 4) is 0 Å². The highest BCUT2D eigenvalue weighted by atomic mass is 79.9. The summed E-state index contributed by atoms with van der Waals surface area (Å²) >= 11 is 3.39. The highest BCUT2D eigenvalue weighted by Crippen LogP contribution is 2.21. The number of rotatable bonds is 9. The van der Waals surface area contributed by atoms with Gasteiger partial charge in [0, 0.05) is 28.8 Å². The van der Waals surface area contributed by atoms with Gasteiger partial charge in [-0.05, 0) is 67.5 Å². The van der Waals surface area contributed by atoms with E-state index in [4.69, 9.17) is 9.47 Å². The molecule has 5 heteroatoms. The van der Waals surface area contributed by atoms with Crippen molar-refractivity contribution in [3.63, 3.8) is 0 Å². The van der Waals surface area contributed by atoms with Crippen molar-refractivity contribution in [1.29, 1.82) is 0 Å².